The SMILES string of the molecule is CSc1ccc(C(=O)N(C)C)cc1S(=O)O. The van der Waals surface area contributed by atoms with Crippen LogP contribution in [0, 0.1) is 0 Å². The first kappa shape index (κ1) is 13.2. The van der Waals surface area contributed by atoms with E-state index in [0.717, 1.165) is 0 Å². The highest BCUT2D eigenvalue weighted by atomic mass is 32.2. The Morgan fingerprint density at radius 2 is 2.06 bits per heavy atom. The standard InChI is InChI=1S/C10H13NO3S2/c1-11(2)10(12)7-4-5-8(15-3)9(6-7)16(13)14/h4-6H,1-3H3,(H,13,14). The van der Waals surface area contributed by atoms with Crippen molar-refractivity contribution in [3.05, 3.63) is 23.8 Å². The summed E-state index contributed by atoms with van der Waals surface area (Å²) in [6.07, 6.45) is 1.82. The van der Waals surface area contributed by atoms with Gasteiger partial charge < -0.3 is 9.45 Å². The van der Waals surface area contributed by atoms with Crippen LogP contribution in [0.15, 0.2) is 28.0 Å². The van der Waals surface area contributed by atoms with Crippen molar-refractivity contribution in [3.8, 4) is 0 Å². The van der Waals surface area contributed by atoms with Crippen molar-refractivity contribution in [2.75, 3.05) is 20.4 Å². The quantitative estimate of drug-likeness (QED) is 0.663. The number of rotatable bonds is 3. The molecule has 16 heavy (non-hydrogen) atoms. The van der Waals surface area contributed by atoms with Crippen LogP contribution in [-0.2, 0) is 11.1 Å². The van der Waals surface area contributed by atoms with E-state index in [0.29, 0.717) is 10.5 Å². The molecule has 1 aromatic rings. The summed E-state index contributed by atoms with van der Waals surface area (Å²) >= 11 is -0.697. The maximum Gasteiger partial charge on any atom is 0.253 e. The van der Waals surface area contributed by atoms with E-state index in [-0.39, 0.29) is 10.8 Å². The maximum absolute atomic E-state index is 11.7. The molecule has 0 spiro atoms. The van der Waals surface area contributed by atoms with Gasteiger partial charge in [-0.2, -0.15) is 0 Å². The minimum Gasteiger partial charge on any atom is -0.345 e. The van der Waals surface area contributed by atoms with E-state index in [9.17, 15) is 9.00 Å². The molecular formula is C10H13NO3S2. The van der Waals surface area contributed by atoms with Gasteiger partial charge >= 0.3 is 0 Å². The molecular weight excluding hydrogens is 246 g/mol. The molecule has 1 unspecified atom stereocenters. The Balaban J connectivity index is 3.22. The summed E-state index contributed by atoms with van der Waals surface area (Å²) in [5.41, 5.74) is 0.417. The first-order valence-electron chi connectivity index (χ1n) is 4.48. The molecule has 0 saturated heterocycles. The average Bonchev–Trinajstić information content (AvgIpc) is 2.26. The van der Waals surface area contributed by atoms with E-state index < -0.39 is 11.1 Å². The predicted octanol–water partition coefficient (Wildman–Crippen LogP) is 1.69. The van der Waals surface area contributed by atoms with Gasteiger partial charge in [0.15, 0.2) is 11.1 Å². The summed E-state index contributed by atoms with van der Waals surface area (Å²) in [4.78, 5) is 14.1. The van der Waals surface area contributed by atoms with Gasteiger partial charge in [0.2, 0.25) is 0 Å². The molecule has 1 atom stereocenters. The number of hydrogen-bond acceptors (Lipinski definition) is 3. The molecule has 0 fully saturated rings. The number of amides is 1. The van der Waals surface area contributed by atoms with E-state index in [1.54, 1.807) is 26.2 Å². The van der Waals surface area contributed by atoms with Crippen molar-refractivity contribution >= 4 is 28.7 Å². The lowest BCUT2D eigenvalue weighted by molar-refractivity contribution is 0.0827. The molecule has 0 aliphatic rings. The summed E-state index contributed by atoms with van der Waals surface area (Å²) in [5.74, 6) is -0.181. The Bertz CT molecular complexity index is 432. The zero-order valence-electron chi connectivity index (χ0n) is 9.26. The van der Waals surface area contributed by atoms with Crippen LogP contribution < -0.4 is 0 Å². The van der Waals surface area contributed by atoms with Gasteiger partial charge in [0.05, 0.1) is 4.90 Å². The lowest BCUT2D eigenvalue weighted by Gasteiger charge is -2.11. The number of nitrogens with zero attached hydrogens (tertiary/aromatic N) is 1. The fourth-order valence-electron chi connectivity index (χ4n) is 1.20. The molecule has 0 aliphatic carbocycles. The van der Waals surface area contributed by atoms with Crippen LogP contribution in [0.5, 0.6) is 0 Å². The molecule has 0 aromatic heterocycles. The Morgan fingerprint density at radius 1 is 1.44 bits per heavy atom. The summed E-state index contributed by atoms with van der Waals surface area (Å²) in [6, 6.07) is 4.81. The number of hydrogen-bond donors (Lipinski definition) is 1. The average molecular weight is 259 g/mol. The van der Waals surface area contributed by atoms with E-state index in [4.69, 9.17) is 4.55 Å². The van der Waals surface area contributed by atoms with E-state index in [1.807, 2.05) is 6.26 Å². The molecule has 1 amide bonds. The molecule has 0 heterocycles. The van der Waals surface area contributed by atoms with Crippen molar-refractivity contribution in [2.45, 2.75) is 9.79 Å². The highest BCUT2D eigenvalue weighted by Crippen LogP contribution is 2.24. The normalized spacial score (nSPS) is 12.2. The van der Waals surface area contributed by atoms with Crippen LogP contribution in [0.1, 0.15) is 10.4 Å². The first-order chi connectivity index (χ1) is 7.47. The van der Waals surface area contributed by atoms with Crippen molar-refractivity contribution in [2.24, 2.45) is 0 Å². The van der Waals surface area contributed by atoms with Gasteiger partial charge in [-0.3, -0.25) is 4.79 Å². The van der Waals surface area contributed by atoms with Gasteiger partial charge in [0.1, 0.15) is 0 Å². The van der Waals surface area contributed by atoms with Crippen LogP contribution >= 0.6 is 11.8 Å². The molecule has 1 rings (SSSR count). The summed E-state index contributed by atoms with van der Waals surface area (Å²) in [7, 11) is 3.28. The summed E-state index contributed by atoms with van der Waals surface area (Å²) < 4.78 is 20.2. The second-order valence-electron chi connectivity index (χ2n) is 3.31. The van der Waals surface area contributed by atoms with E-state index in [2.05, 4.69) is 0 Å². The Labute approximate surface area is 101 Å². The second-order valence-corrected chi connectivity index (χ2v) is 5.10. The summed E-state index contributed by atoms with van der Waals surface area (Å²) in [6.45, 7) is 0. The van der Waals surface area contributed by atoms with E-state index in [1.165, 1.54) is 22.7 Å². The lowest BCUT2D eigenvalue weighted by atomic mass is 10.2. The molecule has 88 valence electrons. The smallest absolute Gasteiger partial charge is 0.253 e. The van der Waals surface area contributed by atoms with Crippen LogP contribution in [0.25, 0.3) is 0 Å². The third-order valence-corrected chi connectivity index (χ3v) is 3.64. The van der Waals surface area contributed by atoms with Crippen LogP contribution in [0.2, 0.25) is 0 Å². The number of thioether (sulfide) groups is 1. The van der Waals surface area contributed by atoms with Crippen molar-refractivity contribution in [1.29, 1.82) is 0 Å². The Kier molecular flexibility index (Phi) is 4.52. The fraction of sp³-hybridized carbons (Fsp3) is 0.300. The van der Waals surface area contributed by atoms with Crippen LogP contribution in [-0.4, -0.2) is 39.9 Å². The van der Waals surface area contributed by atoms with Crippen molar-refractivity contribution in [1.82, 2.24) is 4.90 Å². The van der Waals surface area contributed by atoms with Crippen molar-refractivity contribution in [3.63, 3.8) is 0 Å². The van der Waals surface area contributed by atoms with Gasteiger partial charge in [-0.1, -0.05) is 0 Å². The summed E-state index contributed by atoms with van der Waals surface area (Å²) in [5, 5.41) is 0. The molecule has 0 aliphatic heterocycles. The zero-order chi connectivity index (χ0) is 12.3. The Hall–Kier alpha value is -0.850. The van der Waals surface area contributed by atoms with Gasteiger partial charge in [-0.25, -0.2) is 4.21 Å². The molecule has 1 N–H and O–H groups in total. The van der Waals surface area contributed by atoms with Gasteiger partial charge in [0, 0.05) is 24.6 Å². The van der Waals surface area contributed by atoms with Gasteiger partial charge in [-0.15, -0.1) is 11.8 Å². The van der Waals surface area contributed by atoms with Crippen LogP contribution in [0.3, 0.4) is 0 Å². The third-order valence-electron chi connectivity index (χ3n) is 2.00. The molecule has 0 radical (unpaired) electrons. The number of carbonyl (C=O) groups excluding carboxylic acids is 1. The van der Waals surface area contributed by atoms with Gasteiger partial charge in [-0.05, 0) is 24.5 Å². The monoisotopic (exact) mass is 259 g/mol. The second kappa shape index (κ2) is 5.47. The number of benzene rings is 1. The third kappa shape index (κ3) is 2.84. The predicted molar refractivity (Wildman–Crippen MR) is 65.3 cm³/mol. The lowest BCUT2D eigenvalue weighted by Crippen LogP contribution is -2.21. The molecule has 1 aromatic carbocycles. The Morgan fingerprint density at radius 3 is 2.50 bits per heavy atom. The first-order valence-corrected chi connectivity index (χ1v) is 6.81. The maximum atomic E-state index is 11.7. The minimum atomic E-state index is -2.07. The topological polar surface area (TPSA) is 57.6 Å². The molecule has 4 nitrogen and oxygen atoms in total. The highest BCUT2D eigenvalue weighted by molar-refractivity contribution is 7.99. The van der Waals surface area contributed by atoms with Gasteiger partial charge in [0.25, 0.3) is 5.91 Å². The zero-order valence-corrected chi connectivity index (χ0v) is 10.9. The largest absolute Gasteiger partial charge is 0.345 e. The number of carbonyl (C=O) groups is 1. The van der Waals surface area contributed by atoms with Crippen molar-refractivity contribution < 1.29 is 13.6 Å². The van der Waals surface area contributed by atoms with E-state index >= 15 is 0 Å². The minimum absolute atomic E-state index is 0.181. The van der Waals surface area contributed by atoms with Crippen LogP contribution in [0.4, 0.5) is 0 Å². The molecule has 0 bridgehead atoms. The molecule has 0 saturated carbocycles. The fourth-order valence-corrected chi connectivity index (χ4v) is 2.60. The highest BCUT2D eigenvalue weighted by Gasteiger charge is 2.13. The molecule has 6 heteroatoms.